The Morgan fingerprint density at radius 3 is 2.19 bits per heavy atom. The van der Waals surface area contributed by atoms with E-state index in [1.807, 2.05) is 93.6 Å². The number of hydrogen-bond acceptors (Lipinski definition) is 6. The van der Waals surface area contributed by atoms with Gasteiger partial charge in [0.1, 0.15) is 30.3 Å². The second kappa shape index (κ2) is 12.9. The molecule has 1 amide bonds. The van der Waals surface area contributed by atoms with E-state index in [1.165, 1.54) is 6.07 Å². The van der Waals surface area contributed by atoms with Crippen LogP contribution in [-0.4, -0.2) is 39.7 Å². The smallest absolute Gasteiger partial charge is 0.410 e. The van der Waals surface area contributed by atoms with E-state index in [-0.39, 0.29) is 18.4 Å². The van der Waals surface area contributed by atoms with E-state index in [2.05, 4.69) is 9.97 Å². The van der Waals surface area contributed by atoms with Crippen LogP contribution in [0, 0.1) is 5.82 Å². The van der Waals surface area contributed by atoms with Gasteiger partial charge in [-0.2, -0.15) is 4.98 Å². The maximum atomic E-state index is 15.5. The van der Waals surface area contributed by atoms with Gasteiger partial charge in [-0.3, -0.25) is 4.98 Å². The molecule has 0 radical (unpaired) electrons. The summed E-state index contributed by atoms with van der Waals surface area (Å²) in [6, 6.07) is 24.6. The molecule has 0 fully saturated rings. The monoisotopic (exact) mass is 567 g/mol. The Bertz CT molecular complexity index is 1550. The van der Waals surface area contributed by atoms with Crippen molar-refractivity contribution >= 4 is 11.7 Å². The first-order chi connectivity index (χ1) is 20.2. The number of rotatable bonds is 8. The van der Waals surface area contributed by atoms with Crippen molar-refractivity contribution in [3.05, 3.63) is 114 Å². The lowest BCUT2D eigenvalue weighted by molar-refractivity contribution is 0.0270. The van der Waals surface area contributed by atoms with E-state index >= 15 is 4.39 Å². The molecule has 0 saturated carbocycles. The summed E-state index contributed by atoms with van der Waals surface area (Å²) in [7, 11) is 0. The van der Waals surface area contributed by atoms with Gasteiger partial charge in [0.05, 0.1) is 0 Å². The van der Waals surface area contributed by atoms with Crippen molar-refractivity contribution in [3.63, 3.8) is 0 Å². The van der Waals surface area contributed by atoms with Gasteiger partial charge in [-0.25, -0.2) is 9.18 Å². The van der Waals surface area contributed by atoms with E-state index < -0.39 is 11.4 Å². The molecule has 0 aliphatic carbocycles. The summed E-state index contributed by atoms with van der Waals surface area (Å²) in [5.74, 6) is 0.267. The molecule has 1 aliphatic rings. The molecule has 7 nitrogen and oxygen atoms in total. The molecule has 42 heavy (non-hydrogen) atoms. The van der Waals surface area contributed by atoms with Gasteiger partial charge in [0.15, 0.2) is 0 Å². The van der Waals surface area contributed by atoms with Crippen LogP contribution in [0.4, 0.5) is 9.18 Å². The summed E-state index contributed by atoms with van der Waals surface area (Å²) in [4.78, 5) is 23.1. The number of carbonyl (C=O) groups excluding carboxylic acids is 1. The Kier molecular flexibility index (Phi) is 8.81. The fourth-order valence-corrected chi connectivity index (χ4v) is 4.49. The Morgan fingerprint density at radius 2 is 1.60 bits per heavy atom. The quantitative estimate of drug-likeness (QED) is 0.220. The maximum Gasteiger partial charge on any atom is 0.410 e. The minimum absolute atomic E-state index is 0.269. The first kappa shape index (κ1) is 28.8. The van der Waals surface area contributed by atoms with Crippen molar-refractivity contribution < 1.29 is 23.4 Å². The predicted molar refractivity (Wildman–Crippen MR) is 159 cm³/mol. The number of pyridine rings is 2. The molecule has 0 saturated heterocycles. The summed E-state index contributed by atoms with van der Waals surface area (Å²) in [6.07, 6.45) is 3.54. The van der Waals surface area contributed by atoms with Gasteiger partial charge < -0.3 is 19.1 Å². The van der Waals surface area contributed by atoms with Gasteiger partial charge in [0, 0.05) is 36.5 Å². The fraction of sp³-hybridized carbons (Fsp3) is 0.265. The lowest BCUT2D eigenvalue weighted by atomic mass is 10.0. The number of amides is 1. The highest BCUT2D eigenvalue weighted by atomic mass is 19.1. The highest BCUT2D eigenvalue weighted by Gasteiger charge is 2.25. The molecule has 0 atom stereocenters. The van der Waals surface area contributed by atoms with Crippen molar-refractivity contribution in [1.82, 2.24) is 14.9 Å². The maximum absolute atomic E-state index is 15.5. The van der Waals surface area contributed by atoms with Crippen molar-refractivity contribution in [2.45, 2.75) is 46.0 Å². The Morgan fingerprint density at radius 1 is 0.929 bits per heavy atom. The number of halogens is 1. The zero-order valence-corrected chi connectivity index (χ0v) is 24.0. The molecule has 8 heteroatoms. The van der Waals surface area contributed by atoms with E-state index in [0.717, 1.165) is 16.7 Å². The molecular weight excluding hydrogens is 533 g/mol. The van der Waals surface area contributed by atoms with Crippen LogP contribution in [0.2, 0.25) is 0 Å². The van der Waals surface area contributed by atoms with E-state index in [4.69, 9.17) is 14.2 Å². The molecule has 0 bridgehead atoms. The van der Waals surface area contributed by atoms with Crippen LogP contribution in [0.15, 0.2) is 91.1 Å². The van der Waals surface area contributed by atoms with E-state index in [1.54, 1.807) is 17.2 Å². The van der Waals surface area contributed by atoms with Gasteiger partial charge in [-0.15, -0.1) is 0 Å². The molecule has 2 aromatic carbocycles. The molecule has 5 rings (SSSR count). The summed E-state index contributed by atoms with van der Waals surface area (Å²) in [6.45, 7) is 6.89. The number of hydrogen-bond donors (Lipinski definition) is 0. The average Bonchev–Trinajstić information content (AvgIpc) is 2.99. The van der Waals surface area contributed by atoms with Gasteiger partial charge in [-0.05, 0) is 56.0 Å². The number of nitrogens with zero attached hydrogens (tertiary/aromatic N) is 3. The summed E-state index contributed by atoms with van der Waals surface area (Å²) in [5.41, 5.74) is 3.58. The molecule has 4 aromatic rings. The van der Waals surface area contributed by atoms with Crippen LogP contribution >= 0.6 is 0 Å². The van der Waals surface area contributed by atoms with Gasteiger partial charge >= 0.3 is 6.09 Å². The minimum Gasteiger partial charge on any atom is -0.473 e. The molecule has 216 valence electrons. The second-order valence-corrected chi connectivity index (χ2v) is 11.0. The van der Waals surface area contributed by atoms with Gasteiger partial charge in [-0.1, -0.05) is 66.7 Å². The molecule has 0 N–H and O–H groups in total. The third-order valence-electron chi connectivity index (χ3n) is 6.60. The normalized spacial score (nSPS) is 13.3. The standard InChI is InChI=1S/C34H34FN3O4/c1-34(2,3)42-33(39)38-18-16-26(17-19-38)31-29(35)20-27(21-36-31)28-14-15-30(40-22-24-10-6-4-7-11-24)37-32(28)41-23-25-12-8-5-9-13-25/h4-16,20-21H,17-19,22-23H2,1-3H3. The van der Waals surface area contributed by atoms with E-state index in [0.29, 0.717) is 49.0 Å². The molecule has 1 aliphatic heterocycles. The lowest BCUT2D eigenvalue weighted by Crippen LogP contribution is -2.39. The van der Waals surface area contributed by atoms with Crippen LogP contribution in [0.5, 0.6) is 11.8 Å². The van der Waals surface area contributed by atoms with Crippen molar-refractivity contribution in [1.29, 1.82) is 0 Å². The topological polar surface area (TPSA) is 73.8 Å². The third kappa shape index (κ3) is 7.51. The molecule has 0 unspecified atom stereocenters. The third-order valence-corrected chi connectivity index (χ3v) is 6.60. The number of carbonyl (C=O) groups is 1. The molecule has 3 heterocycles. The highest BCUT2D eigenvalue weighted by Crippen LogP contribution is 2.33. The number of benzene rings is 2. The van der Waals surface area contributed by atoms with Crippen molar-refractivity contribution in [2.24, 2.45) is 0 Å². The van der Waals surface area contributed by atoms with Crippen LogP contribution in [-0.2, 0) is 18.0 Å². The van der Waals surface area contributed by atoms with Crippen LogP contribution in [0.25, 0.3) is 16.7 Å². The molecule has 2 aromatic heterocycles. The Hall–Kier alpha value is -4.72. The van der Waals surface area contributed by atoms with Crippen LogP contribution < -0.4 is 9.47 Å². The highest BCUT2D eigenvalue weighted by molar-refractivity contribution is 5.74. The van der Waals surface area contributed by atoms with E-state index in [9.17, 15) is 4.79 Å². The fourth-order valence-electron chi connectivity index (χ4n) is 4.49. The first-order valence-electron chi connectivity index (χ1n) is 13.9. The summed E-state index contributed by atoms with van der Waals surface area (Å²) >= 11 is 0. The summed E-state index contributed by atoms with van der Waals surface area (Å²) < 4.78 is 33.0. The van der Waals surface area contributed by atoms with Crippen molar-refractivity contribution in [3.8, 4) is 22.9 Å². The summed E-state index contributed by atoms with van der Waals surface area (Å²) in [5, 5.41) is 0. The SMILES string of the molecule is CC(C)(C)OC(=O)N1CC=C(c2ncc(-c3ccc(OCc4ccccc4)nc3OCc3ccccc3)cc2F)CC1. The second-order valence-electron chi connectivity index (χ2n) is 11.0. The average molecular weight is 568 g/mol. The van der Waals surface area contributed by atoms with Gasteiger partial charge in [0.25, 0.3) is 0 Å². The van der Waals surface area contributed by atoms with Crippen LogP contribution in [0.3, 0.4) is 0 Å². The molecule has 0 spiro atoms. The first-order valence-corrected chi connectivity index (χ1v) is 13.9. The van der Waals surface area contributed by atoms with Gasteiger partial charge in [0.2, 0.25) is 11.8 Å². The number of aromatic nitrogens is 2. The van der Waals surface area contributed by atoms with Crippen molar-refractivity contribution in [2.75, 3.05) is 13.1 Å². The lowest BCUT2D eigenvalue weighted by Gasteiger charge is -2.29. The number of ether oxygens (including phenoxy) is 3. The molecular formula is C34H34FN3O4. The Balaban J connectivity index is 1.36. The predicted octanol–water partition coefficient (Wildman–Crippen LogP) is 7.46. The zero-order valence-electron chi connectivity index (χ0n) is 24.0. The Labute approximate surface area is 245 Å². The largest absolute Gasteiger partial charge is 0.473 e. The van der Waals surface area contributed by atoms with Crippen LogP contribution in [0.1, 0.15) is 44.0 Å². The zero-order chi connectivity index (χ0) is 29.5. The minimum atomic E-state index is -0.574.